The van der Waals surface area contributed by atoms with Crippen LogP contribution in [-0.2, 0) is 28.7 Å². The van der Waals surface area contributed by atoms with E-state index >= 15 is 0 Å². The van der Waals surface area contributed by atoms with Gasteiger partial charge in [-0.2, -0.15) is 0 Å². The van der Waals surface area contributed by atoms with E-state index in [2.05, 4.69) is 0 Å². The van der Waals surface area contributed by atoms with Crippen LogP contribution < -0.4 is 0 Å². The number of ketones is 2. The molecule has 0 amide bonds. The van der Waals surface area contributed by atoms with Gasteiger partial charge in [-0.3, -0.25) is 19.2 Å². The van der Waals surface area contributed by atoms with Gasteiger partial charge in [0, 0.05) is 0 Å². The molecule has 0 aromatic rings. The minimum absolute atomic E-state index is 0.165. The molecule has 6 heteroatoms. The van der Waals surface area contributed by atoms with Crippen molar-refractivity contribution in [2.75, 3.05) is 13.2 Å². The molecule has 0 atom stereocenters. The summed E-state index contributed by atoms with van der Waals surface area (Å²) in [5.74, 6) is -0.706. The van der Waals surface area contributed by atoms with Gasteiger partial charge in [-0.25, -0.2) is 0 Å². The summed E-state index contributed by atoms with van der Waals surface area (Å²) in [4.78, 5) is 44.2. The molecule has 1 rings (SSSR count). The van der Waals surface area contributed by atoms with Gasteiger partial charge in [-0.1, -0.05) is 0 Å². The van der Waals surface area contributed by atoms with Gasteiger partial charge in [0.15, 0.2) is 0 Å². The third-order valence-corrected chi connectivity index (χ3v) is 3.71. The Morgan fingerprint density at radius 2 is 1.05 bits per heavy atom. The summed E-state index contributed by atoms with van der Waals surface area (Å²) in [6.45, 7) is 3.42. The molecular weight excluding hydrogens is 288 g/mol. The van der Waals surface area contributed by atoms with Gasteiger partial charge in [0.25, 0.3) is 0 Å². The Labute approximate surface area is 130 Å². The molecule has 1 aliphatic rings. The molecule has 0 aromatic carbocycles. The Balaban J connectivity index is 2.15. The van der Waals surface area contributed by atoms with E-state index in [4.69, 9.17) is 9.47 Å². The van der Waals surface area contributed by atoms with E-state index in [1.807, 2.05) is 0 Å². The summed E-state index contributed by atoms with van der Waals surface area (Å²) in [5, 5.41) is 0. The number of carbonyl (C=O) groups is 4. The summed E-state index contributed by atoms with van der Waals surface area (Å²) < 4.78 is 10.2. The van der Waals surface area contributed by atoms with E-state index in [0.29, 0.717) is 25.0 Å². The number of carbonyl (C=O) groups excluding carboxylic acids is 4. The fourth-order valence-corrected chi connectivity index (χ4v) is 2.50. The van der Waals surface area contributed by atoms with Crippen molar-refractivity contribution in [1.82, 2.24) is 0 Å². The van der Waals surface area contributed by atoms with Crippen LogP contribution in [0.4, 0.5) is 0 Å². The van der Waals surface area contributed by atoms with Gasteiger partial charge in [0.1, 0.15) is 24.4 Å². The van der Waals surface area contributed by atoms with Gasteiger partial charge < -0.3 is 9.47 Å². The van der Waals surface area contributed by atoms with Gasteiger partial charge in [-0.15, -0.1) is 0 Å². The lowest BCUT2D eigenvalue weighted by Crippen LogP contribution is -2.24. The van der Waals surface area contributed by atoms with Crippen molar-refractivity contribution in [3.05, 3.63) is 0 Å². The predicted molar refractivity (Wildman–Crippen MR) is 78.0 cm³/mol. The maximum Gasteiger partial charge on any atom is 0.313 e. The second-order valence-corrected chi connectivity index (χ2v) is 6.01. The van der Waals surface area contributed by atoms with E-state index in [9.17, 15) is 19.2 Å². The molecule has 0 N–H and O–H groups in total. The molecule has 124 valence electrons. The Hall–Kier alpha value is -1.72. The average molecular weight is 312 g/mol. The van der Waals surface area contributed by atoms with Crippen LogP contribution in [0.15, 0.2) is 0 Å². The number of hydrogen-bond acceptors (Lipinski definition) is 6. The van der Waals surface area contributed by atoms with Crippen LogP contribution in [0.5, 0.6) is 0 Å². The number of hydrogen-bond donors (Lipinski definition) is 0. The first-order valence-corrected chi connectivity index (χ1v) is 7.67. The fraction of sp³-hybridized carbons (Fsp3) is 0.750. The molecule has 0 spiro atoms. The highest BCUT2D eigenvalue weighted by Gasteiger charge is 2.23. The van der Waals surface area contributed by atoms with Crippen molar-refractivity contribution in [3.8, 4) is 0 Å². The zero-order valence-electron chi connectivity index (χ0n) is 13.3. The van der Waals surface area contributed by atoms with E-state index in [1.54, 1.807) is 0 Å². The lowest BCUT2D eigenvalue weighted by Gasteiger charge is -2.27. The van der Waals surface area contributed by atoms with Crippen molar-refractivity contribution in [3.63, 3.8) is 0 Å². The third kappa shape index (κ3) is 7.90. The summed E-state index contributed by atoms with van der Waals surface area (Å²) in [7, 11) is 0. The molecule has 0 heterocycles. The standard InChI is InChI=1S/C16H24O6/c1-11(17)7-15(19)21-9-13-3-5-14(6-4-13)10-22-16(20)8-12(2)18/h13-14H,3-10H2,1-2H3. The molecule has 1 aliphatic carbocycles. The van der Waals surface area contributed by atoms with E-state index in [1.165, 1.54) is 13.8 Å². The van der Waals surface area contributed by atoms with Crippen LogP contribution in [-0.4, -0.2) is 36.7 Å². The Morgan fingerprint density at radius 1 is 0.727 bits per heavy atom. The molecule has 0 saturated heterocycles. The summed E-state index contributed by atoms with van der Waals surface area (Å²) >= 11 is 0. The molecule has 0 aliphatic heterocycles. The second-order valence-electron chi connectivity index (χ2n) is 6.01. The molecule has 0 unspecified atom stereocenters. The molecule has 0 bridgehead atoms. The SMILES string of the molecule is CC(=O)CC(=O)OCC1CCC(COC(=O)CC(C)=O)CC1. The van der Waals surface area contributed by atoms with Crippen molar-refractivity contribution in [2.45, 2.75) is 52.4 Å². The first kappa shape index (κ1) is 18.3. The number of ether oxygens (including phenoxy) is 2. The highest BCUT2D eigenvalue weighted by atomic mass is 16.5. The smallest absolute Gasteiger partial charge is 0.313 e. The summed E-state index contributed by atoms with van der Waals surface area (Å²) in [6, 6.07) is 0. The van der Waals surface area contributed by atoms with Gasteiger partial charge in [-0.05, 0) is 51.4 Å². The van der Waals surface area contributed by atoms with Crippen LogP contribution in [0.3, 0.4) is 0 Å². The van der Waals surface area contributed by atoms with Crippen LogP contribution in [0.25, 0.3) is 0 Å². The molecule has 6 nitrogen and oxygen atoms in total. The number of esters is 2. The minimum atomic E-state index is -0.465. The second kappa shape index (κ2) is 9.33. The fourth-order valence-electron chi connectivity index (χ4n) is 2.50. The molecule has 0 radical (unpaired) electrons. The maximum atomic E-state index is 11.3. The Bertz CT molecular complexity index is 380. The van der Waals surface area contributed by atoms with Crippen molar-refractivity contribution >= 4 is 23.5 Å². The highest BCUT2D eigenvalue weighted by molar-refractivity contribution is 5.94. The molecular formula is C16H24O6. The lowest BCUT2D eigenvalue weighted by atomic mass is 9.83. The molecule has 1 fully saturated rings. The van der Waals surface area contributed by atoms with Crippen molar-refractivity contribution < 1.29 is 28.7 Å². The van der Waals surface area contributed by atoms with Crippen LogP contribution in [0.2, 0.25) is 0 Å². The third-order valence-electron chi connectivity index (χ3n) is 3.71. The largest absolute Gasteiger partial charge is 0.465 e. The molecule has 1 saturated carbocycles. The van der Waals surface area contributed by atoms with Crippen molar-refractivity contribution in [2.24, 2.45) is 11.8 Å². The zero-order chi connectivity index (χ0) is 16.5. The Morgan fingerprint density at radius 3 is 1.32 bits per heavy atom. The van der Waals surface area contributed by atoms with Crippen LogP contribution in [0.1, 0.15) is 52.4 Å². The minimum Gasteiger partial charge on any atom is -0.465 e. The maximum absolute atomic E-state index is 11.3. The van der Waals surface area contributed by atoms with Gasteiger partial charge in [0.2, 0.25) is 0 Å². The lowest BCUT2D eigenvalue weighted by molar-refractivity contribution is -0.150. The molecule has 0 aromatic heterocycles. The monoisotopic (exact) mass is 312 g/mol. The first-order valence-electron chi connectivity index (χ1n) is 7.67. The number of rotatable bonds is 8. The van der Waals surface area contributed by atoms with Crippen molar-refractivity contribution in [1.29, 1.82) is 0 Å². The normalized spacial score (nSPS) is 21.0. The first-order chi connectivity index (χ1) is 10.4. The molecule has 22 heavy (non-hydrogen) atoms. The highest BCUT2D eigenvalue weighted by Crippen LogP contribution is 2.29. The van der Waals surface area contributed by atoms with Gasteiger partial charge in [0.05, 0.1) is 13.2 Å². The Kier molecular flexibility index (Phi) is 7.77. The van der Waals surface area contributed by atoms with Crippen LogP contribution in [0, 0.1) is 11.8 Å². The van der Waals surface area contributed by atoms with Gasteiger partial charge >= 0.3 is 11.9 Å². The summed E-state index contributed by atoms with van der Waals surface area (Å²) in [6.07, 6.45) is 3.29. The van der Waals surface area contributed by atoms with E-state index in [0.717, 1.165) is 25.7 Å². The average Bonchev–Trinajstić information content (AvgIpc) is 2.42. The quantitative estimate of drug-likeness (QED) is 0.502. The zero-order valence-corrected chi connectivity index (χ0v) is 13.3. The number of Topliss-reactive ketones (excluding diaryl/α,β-unsaturated/α-hetero) is 2. The summed E-state index contributed by atoms with van der Waals surface area (Å²) in [5.41, 5.74) is 0. The van der Waals surface area contributed by atoms with E-state index in [-0.39, 0.29) is 24.4 Å². The van der Waals surface area contributed by atoms with E-state index < -0.39 is 11.9 Å². The topological polar surface area (TPSA) is 86.7 Å². The predicted octanol–water partition coefficient (Wildman–Crippen LogP) is 1.84. The van der Waals surface area contributed by atoms with Crippen LogP contribution >= 0.6 is 0 Å².